The second-order valence-electron chi connectivity index (χ2n) is 5.28. The quantitative estimate of drug-likeness (QED) is 0.920. The SMILES string of the molecule is O=C([O-])[C@@H]1CCCC[C@H]1C(=O)NCc1ccc(Cl)c(Cl)c1. The molecule has 0 unspecified atom stereocenters. The van der Waals surface area contributed by atoms with Gasteiger partial charge < -0.3 is 15.2 Å². The number of aliphatic carboxylic acids is 1. The summed E-state index contributed by atoms with van der Waals surface area (Å²) in [6.07, 6.45) is 2.79. The lowest BCUT2D eigenvalue weighted by Crippen LogP contribution is -2.44. The van der Waals surface area contributed by atoms with Crippen LogP contribution in [0, 0.1) is 11.8 Å². The van der Waals surface area contributed by atoms with E-state index in [1.54, 1.807) is 18.2 Å². The molecule has 1 saturated carbocycles. The van der Waals surface area contributed by atoms with Crippen LogP contribution in [0.2, 0.25) is 10.0 Å². The van der Waals surface area contributed by atoms with E-state index in [9.17, 15) is 14.7 Å². The van der Waals surface area contributed by atoms with Crippen LogP contribution in [0.15, 0.2) is 18.2 Å². The summed E-state index contributed by atoms with van der Waals surface area (Å²) < 4.78 is 0. The Bertz CT molecular complexity index is 548. The van der Waals surface area contributed by atoms with E-state index in [0.29, 0.717) is 29.4 Å². The van der Waals surface area contributed by atoms with Gasteiger partial charge in [0.2, 0.25) is 5.91 Å². The number of benzene rings is 1. The molecule has 4 nitrogen and oxygen atoms in total. The van der Waals surface area contributed by atoms with Gasteiger partial charge in [0.05, 0.1) is 10.0 Å². The first-order valence-electron chi connectivity index (χ1n) is 6.91. The van der Waals surface area contributed by atoms with Gasteiger partial charge in [0.1, 0.15) is 0 Å². The average molecular weight is 329 g/mol. The van der Waals surface area contributed by atoms with Crippen LogP contribution < -0.4 is 10.4 Å². The number of amides is 1. The van der Waals surface area contributed by atoms with Gasteiger partial charge in [-0.25, -0.2) is 0 Å². The standard InChI is InChI=1S/C15H17Cl2NO3/c16-12-6-5-9(7-13(12)17)8-18-14(19)10-3-1-2-4-11(10)15(20)21/h5-7,10-11H,1-4,8H2,(H,18,19)(H,20,21)/p-1/t10-,11-/m1/s1. The Balaban J connectivity index is 1.96. The Morgan fingerprint density at radius 2 is 1.81 bits per heavy atom. The maximum absolute atomic E-state index is 12.2. The fraction of sp³-hybridized carbons (Fsp3) is 0.467. The maximum atomic E-state index is 12.2. The largest absolute Gasteiger partial charge is 0.550 e. The highest BCUT2D eigenvalue weighted by Crippen LogP contribution is 2.30. The van der Waals surface area contributed by atoms with E-state index in [1.165, 1.54) is 0 Å². The lowest BCUT2D eigenvalue weighted by atomic mass is 9.78. The molecule has 6 heteroatoms. The molecule has 1 aliphatic carbocycles. The summed E-state index contributed by atoms with van der Waals surface area (Å²) >= 11 is 11.7. The third-order valence-corrected chi connectivity index (χ3v) is 4.60. The second-order valence-corrected chi connectivity index (χ2v) is 6.10. The zero-order chi connectivity index (χ0) is 15.4. The molecule has 0 bridgehead atoms. The van der Waals surface area contributed by atoms with Gasteiger partial charge in [-0.15, -0.1) is 0 Å². The molecule has 0 spiro atoms. The van der Waals surface area contributed by atoms with E-state index in [0.717, 1.165) is 18.4 Å². The van der Waals surface area contributed by atoms with Crippen molar-refractivity contribution in [2.75, 3.05) is 0 Å². The van der Waals surface area contributed by atoms with E-state index in [-0.39, 0.29) is 5.91 Å². The number of carboxylic acids is 1. The number of carboxylic acid groups (broad SMARTS) is 1. The highest BCUT2D eigenvalue weighted by atomic mass is 35.5. The number of hydrogen-bond donors (Lipinski definition) is 1. The molecule has 1 aromatic rings. The Morgan fingerprint density at radius 3 is 2.43 bits per heavy atom. The van der Waals surface area contributed by atoms with Gasteiger partial charge in [0.25, 0.3) is 0 Å². The monoisotopic (exact) mass is 328 g/mol. The summed E-state index contributed by atoms with van der Waals surface area (Å²) in [5.74, 6) is -2.57. The van der Waals surface area contributed by atoms with Crippen molar-refractivity contribution >= 4 is 35.1 Å². The summed E-state index contributed by atoms with van der Waals surface area (Å²) in [6, 6.07) is 5.11. The van der Waals surface area contributed by atoms with Crippen molar-refractivity contribution in [2.24, 2.45) is 11.8 Å². The van der Waals surface area contributed by atoms with E-state index in [1.807, 2.05) is 0 Å². The molecule has 1 aromatic carbocycles. The third-order valence-electron chi connectivity index (χ3n) is 3.86. The molecular weight excluding hydrogens is 313 g/mol. The van der Waals surface area contributed by atoms with Crippen molar-refractivity contribution in [2.45, 2.75) is 32.2 Å². The normalized spacial score (nSPS) is 21.8. The lowest BCUT2D eigenvalue weighted by Gasteiger charge is -2.31. The number of carbonyl (C=O) groups excluding carboxylic acids is 2. The zero-order valence-corrected chi connectivity index (χ0v) is 12.9. The fourth-order valence-electron chi connectivity index (χ4n) is 2.70. The predicted molar refractivity (Wildman–Crippen MR) is 78.8 cm³/mol. The van der Waals surface area contributed by atoms with Crippen molar-refractivity contribution < 1.29 is 14.7 Å². The molecule has 0 aromatic heterocycles. The Morgan fingerprint density at radius 1 is 1.14 bits per heavy atom. The van der Waals surface area contributed by atoms with Gasteiger partial charge in [-0.05, 0) is 30.5 Å². The molecule has 2 atom stereocenters. The first-order valence-corrected chi connectivity index (χ1v) is 7.67. The molecule has 2 rings (SSSR count). The van der Waals surface area contributed by atoms with Gasteiger partial charge in [-0.3, -0.25) is 4.79 Å². The molecule has 0 aliphatic heterocycles. The van der Waals surface area contributed by atoms with E-state index >= 15 is 0 Å². The first-order chi connectivity index (χ1) is 9.99. The topological polar surface area (TPSA) is 69.2 Å². The molecule has 0 heterocycles. The van der Waals surface area contributed by atoms with Crippen molar-refractivity contribution in [3.05, 3.63) is 33.8 Å². The lowest BCUT2D eigenvalue weighted by molar-refractivity contribution is -0.314. The molecule has 1 amide bonds. The summed E-state index contributed by atoms with van der Waals surface area (Å²) in [7, 11) is 0. The van der Waals surface area contributed by atoms with Gasteiger partial charge in [-0.1, -0.05) is 42.1 Å². The molecule has 21 heavy (non-hydrogen) atoms. The summed E-state index contributed by atoms with van der Waals surface area (Å²) in [5, 5.41) is 14.8. The maximum Gasteiger partial charge on any atom is 0.224 e. The highest BCUT2D eigenvalue weighted by Gasteiger charge is 2.31. The van der Waals surface area contributed by atoms with Crippen LogP contribution in [0.5, 0.6) is 0 Å². The predicted octanol–water partition coefficient (Wildman–Crippen LogP) is 2.17. The minimum absolute atomic E-state index is 0.241. The van der Waals surface area contributed by atoms with E-state index < -0.39 is 17.8 Å². The third kappa shape index (κ3) is 4.11. The number of rotatable bonds is 4. The van der Waals surface area contributed by atoms with Crippen molar-refractivity contribution in [3.8, 4) is 0 Å². The van der Waals surface area contributed by atoms with Crippen LogP contribution in [0.25, 0.3) is 0 Å². The van der Waals surface area contributed by atoms with Crippen LogP contribution in [-0.4, -0.2) is 11.9 Å². The minimum Gasteiger partial charge on any atom is -0.550 e. The molecular formula is C15H16Cl2NO3-. The van der Waals surface area contributed by atoms with Crippen LogP contribution >= 0.6 is 23.2 Å². The number of nitrogens with one attached hydrogen (secondary N) is 1. The zero-order valence-electron chi connectivity index (χ0n) is 11.4. The second kappa shape index (κ2) is 7.14. The van der Waals surface area contributed by atoms with Crippen LogP contribution in [-0.2, 0) is 16.1 Å². The number of halogens is 2. The van der Waals surface area contributed by atoms with Crippen molar-refractivity contribution in [1.82, 2.24) is 5.32 Å². The summed E-state index contributed by atoms with van der Waals surface area (Å²) in [5.41, 5.74) is 0.818. The number of carbonyl (C=O) groups is 2. The van der Waals surface area contributed by atoms with E-state index in [2.05, 4.69) is 5.32 Å². The fourth-order valence-corrected chi connectivity index (χ4v) is 3.02. The van der Waals surface area contributed by atoms with Crippen LogP contribution in [0.1, 0.15) is 31.2 Å². The first kappa shape index (κ1) is 16.1. The van der Waals surface area contributed by atoms with Crippen molar-refractivity contribution in [1.29, 1.82) is 0 Å². The Labute approximate surface area is 133 Å². The Hall–Kier alpha value is -1.26. The van der Waals surface area contributed by atoms with Gasteiger partial charge in [0, 0.05) is 24.3 Å². The van der Waals surface area contributed by atoms with Crippen LogP contribution in [0.4, 0.5) is 0 Å². The molecule has 1 aliphatic rings. The molecule has 1 fully saturated rings. The summed E-state index contributed by atoms with van der Waals surface area (Å²) in [6.45, 7) is 0.298. The summed E-state index contributed by atoms with van der Waals surface area (Å²) in [4.78, 5) is 23.3. The van der Waals surface area contributed by atoms with Gasteiger partial charge >= 0.3 is 0 Å². The van der Waals surface area contributed by atoms with Gasteiger partial charge in [-0.2, -0.15) is 0 Å². The average Bonchev–Trinajstić information content (AvgIpc) is 2.48. The molecule has 114 valence electrons. The van der Waals surface area contributed by atoms with E-state index in [4.69, 9.17) is 23.2 Å². The van der Waals surface area contributed by atoms with Gasteiger partial charge in [0.15, 0.2) is 0 Å². The molecule has 0 radical (unpaired) electrons. The minimum atomic E-state index is -1.13. The Kier molecular flexibility index (Phi) is 5.48. The van der Waals surface area contributed by atoms with Crippen LogP contribution in [0.3, 0.4) is 0 Å². The molecule has 0 saturated heterocycles. The highest BCUT2D eigenvalue weighted by molar-refractivity contribution is 6.42. The number of hydrogen-bond acceptors (Lipinski definition) is 3. The van der Waals surface area contributed by atoms with Crippen molar-refractivity contribution in [3.63, 3.8) is 0 Å². The molecule has 1 N–H and O–H groups in total. The smallest absolute Gasteiger partial charge is 0.224 e.